The highest BCUT2D eigenvalue weighted by atomic mass is 19.1. The second-order valence-electron chi connectivity index (χ2n) is 3.59. The van der Waals surface area contributed by atoms with Crippen LogP contribution in [0.15, 0.2) is 17.7 Å². The Morgan fingerprint density at radius 3 is 2.20 bits per heavy atom. The van der Waals surface area contributed by atoms with E-state index in [1.165, 1.54) is 19.1 Å². The molecular weight excluding hydrogens is 195 g/mol. The molecule has 1 N–H and O–H groups in total. The molecule has 1 aromatic rings. The predicted molar refractivity (Wildman–Crippen MR) is 57.2 cm³/mol. The van der Waals surface area contributed by atoms with Gasteiger partial charge in [-0.15, -0.1) is 0 Å². The number of aryl methyl sites for hydroxylation is 2. The second kappa shape index (κ2) is 4.26. The first-order valence-corrected chi connectivity index (χ1v) is 4.60. The zero-order valence-corrected chi connectivity index (χ0v) is 8.97. The van der Waals surface area contributed by atoms with E-state index in [0.29, 0.717) is 0 Å². The molecule has 0 radical (unpaired) electrons. The molecule has 0 aliphatic carbocycles. The Kier molecular flexibility index (Phi) is 3.24. The van der Waals surface area contributed by atoms with Gasteiger partial charge in [0.15, 0.2) is 0 Å². The van der Waals surface area contributed by atoms with Crippen LogP contribution in [0.2, 0.25) is 0 Å². The summed E-state index contributed by atoms with van der Waals surface area (Å²) in [6.07, 6.45) is 1.56. The zero-order valence-electron chi connectivity index (χ0n) is 8.97. The second-order valence-corrected chi connectivity index (χ2v) is 3.59. The van der Waals surface area contributed by atoms with Crippen molar-refractivity contribution in [2.75, 3.05) is 0 Å². The van der Waals surface area contributed by atoms with Gasteiger partial charge in [-0.3, -0.25) is 0 Å². The summed E-state index contributed by atoms with van der Waals surface area (Å²) in [4.78, 5) is 10.7. The van der Waals surface area contributed by atoms with Crippen molar-refractivity contribution >= 4 is 12.0 Å². The fourth-order valence-electron chi connectivity index (χ4n) is 1.43. The lowest BCUT2D eigenvalue weighted by Crippen LogP contribution is -1.97. The van der Waals surface area contributed by atoms with Gasteiger partial charge in [-0.1, -0.05) is 0 Å². The number of hydrogen-bond donors (Lipinski definition) is 1. The maximum absolute atomic E-state index is 13.0. The van der Waals surface area contributed by atoms with E-state index in [4.69, 9.17) is 5.11 Å². The van der Waals surface area contributed by atoms with Crippen molar-refractivity contribution < 1.29 is 14.3 Å². The molecule has 2 nitrogen and oxygen atoms in total. The summed E-state index contributed by atoms with van der Waals surface area (Å²) in [5.74, 6) is -1.26. The molecular formula is C12H13FO2. The van der Waals surface area contributed by atoms with Gasteiger partial charge in [0.2, 0.25) is 0 Å². The molecule has 0 saturated heterocycles. The minimum Gasteiger partial charge on any atom is -0.478 e. The topological polar surface area (TPSA) is 37.3 Å². The van der Waals surface area contributed by atoms with E-state index in [0.717, 1.165) is 16.7 Å². The van der Waals surface area contributed by atoms with Gasteiger partial charge in [-0.2, -0.15) is 0 Å². The maximum atomic E-state index is 13.0. The lowest BCUT2D eigenvalue weighted by molar-refractivity contribution is -0.132. The monoisotopic (exact) mass is 208 g/mol. The van der Waals surface area contributed by atoms with Crippen molar-refractivity contribution in [3.63, 3.8) is 0 Å². The first kappa shape index (κ1) is 11.4. The molecule has 0 heterocycles. The highest BCUT2D eigenvalue weighted by Gasteiger charge is 2.06. The van der Waals surface area contributed by atoms with Crippen LogP contribution in [0.4, 0.5) is 4.39 Å². The van der Waals surface area contributed by atoms with Crippen LogP contribution in [-0.4, -0.2) is 11.1 Å². The lowest BCUT2D eigenvalue weighted by Gasteiger charge is -2.06. The van der Waals surface area contributed by atoms with E-state index in [1.54, 1.807) is 19.9 Å². The van der Waals surface area contributed by atoms with Crippen molar-refractivity contribution in [2.24, 2.45) is 0 Å². The highest BCUT2D eigenvalue weighted by molar-refractivity contribution is 5.91. The summed E-state index contributed by atoms with van der Waals surface area (Å²) in [5.41, 5.74) is 2.50. The fraction of sp³-hybridized carbons (Fsp3) is 0.250. The Labute approximate surface area is 88.1 Å². The highest BCUT2D eigenvalue weighted by Crippen LogP contribution is 2.19. The Balaban J connectivity index is 3.27. The van der Waals surface area contributed by atoms with Gasteiger partial charge in [0.25, 0.3) is 0 Å². The number of hydrogen-bond acceptors (Lipinski definition) is 1. The smallest absolute Gasteiger partial charge is 0.331 e. The van der Waals surface area contributed by atoms with E-state index in [2.05, 4.69) is 0 Å². The third-order valence-corrected chi connectivity index (χ3v) is 2.26. The Morgan fingerprint density at radius 2 is 1.80 bits per heavy atom. The maximum Gasteiger partial charge on any atom is 0.331 e. The number of carboxylic acid groups (broad SMARTS) is 1. The molecule has 3 heteroatoms. The molecule has 0 atom stereocenters. The van der Waals surface area contributed by atoms with Crippen molar-refractivity contribution in [3.05, 3.63) is 40.2 Å². The van der Waals surface area contributed by atoms with Gasteiger partial charge in [0.1, 0.15) is 5.82 Å². The molecule has 1 aromatic carbocycles. The average Bonchev–Trinajstić information content (AvgIpc) is 2.10. The van der Waals surface area contributed by atoms with Gasteiger partial charge in [-0.25, -0.2) is 9.18 Å². The summed E-state index contributed by atoms with van der Waals surface area (Å²) < 4.78 is 13.0. The molecule has 0 aromatic heterocycles. The molecule has 80 valence electrons. The molecule has 0 bridgehead atoms. The van der Waals surface area contributed by atoms with Crippen LogP contribution in [0.25, 0.3) is 6.08 Å². The molecule has 0 saturated carbocycles. The van der Waals surface area contributed by atoms with Crippen LogP contribution >= 0.6 is 0 Å². The molecule has 1 rings (SSSR count). The van der Waals surface area contributed by atoms with Crippen molar-refractivity contribution in [1.82, 2.24) is 0 Å². The fourth-order valence-corrected chi connectivity index (χ4v) is 1.43. The summed E-state index contributed by atoms with van der Waals surface area (Å²) in [6.45, 7) is 5.04. The van der Waals surface area contributed by atoms with Gasteiger partial charge in [0.05, 0.1) is 0 Å². The third kappa shape index (κ3) is 2.65. The van der Waals surface area contributed by atoms with Crippen LogP contribution < -0.4 is 0 Å². The number of benzene rings is 1. The normalized spacial score (nSPS) is 11.6. The SMILES string of the molecule is C/C(=C\c1c(C)cc(F)cc1C)C(=O)O. The van der Waals surface area contributed by atoms with Crippen LogP contribution in [0.1, 0.15) is 23.6 Å². The molecule has 0 amide bonds. The summed E-state index contributed by atoms with van der Waals surface area (Å²) >= 11 is 0. The molecule has 0 aliphatic rings. The summed E-state index contributed by atoms with van der Waals surface area (Å²) in [6, 6.07) is 2.79. The van der Waals surface area contributed by atoms with Crippen LogP contribution in [0, 0.1) is 19.7 Å². The van der Waals surface area contributed by atoms with Crippen molar-refractivity contribution in [2.45, 2.75) is 20.8 Å². The molecule has 0 fully saturated rings. The number of rotatable bonds is 2. The summed E-state index contributed by atoms with van der Waals surface area (Å²) in [5, 5.41) is 8.74. The quantitative estimate of drug-likeness (QED) is 0.759. The Bertz CT molecular complexity index is 410. The Morgan fingerprint density at radius 1 is 1.33 bits per heavy atom. The minimum atomic E-state index is -0.960. The van der Waals surface area contributed by atoms with E-state index in [-0.39, 0.29) is 11.4 Å². The predicted octanol–water partition coefficient (Wildman–Crippen LogP) is 2.93. The Hall–Kier alpha value is -1.64. The van der Waals surface area contributed by atoms with Crippen LogP contribution in [0.5, 0.6) is 0 Å². The number of carbonyl (C=O) groups is 1. The number of carboxylic acids is 1. The molecule has 15 heavy (non-hydrogen) atoms. The average molecular weight is 208 g/mol. The van der Waals surface area contributed by atoms with Gasteiger partial charge in [-0.05, 0) is 55.7 Å². The van der Waals surface area contributed by atoms with Gasteiger partial charge >= 0.3 is 5.97 Å². The number of halogens is 1. The standard InChI is InChI=1S/C12H13FO2/c1-7-4-10(13)5-8(2)11(7)6-9(3)12(14)15/h4-6H,1-3H3,(H,14,15)/b9-6+. The third-order valence-electron chi connectivity index (χ3n) is 2.26. The molecule has 0 spiro atoms. The minimum absolute atomic E-state index is 0.243. The first-order chi connectivity index (χ1) is 6.91. The van der Waals surface area contributed by atoms with E-state index in [9.17, 15) is 9.18 Å². The zero-order chi connectivity index (χ0) is 11.6. The first-order valence-electron chi connectivity index (χ1n) is 4.60. The van der Waals surface area contributed by atoms with Gasteiger partial charge < -0.3 is 5.11 Å². The lowest BCUT2D eigenvalue weighted by atomic mass is 10.0. The van der Waals surface area contributed by atoms with Crippen LogP contribution in [-0.2, 0) is 4.79 Å². The van der Waals surface area contributed by atoms with E-state index >= 15 is 0 Å². The molecule has 0 aliphatic heterocycles. The summed E-state index contributed by atoms with van der Waals surface area (Å²) in [7, 11) is 0. The van der Waals surface area contributed by atoms with Crippen LogP contribution in [0.3, 0.4) is 0 Å². The molecule has 0 unspecified atom stereocenters. The number of aliphatic carboxylic acids is 1. The largest absolute Gasteiger partial charge is 0.478 e. The van der Waals surface area contributed by atoms with E-state index < -0.39 is 5.97 Å². The van der Waals surface area contributed by atoms with Gasteiger partial charge in [0, 0.05) is 5.57 Å². The van der Waals surface area contributed by atoms with E-state index in [1.807, 2.05) is 0 Å². The van der Waals surface area contributed by atoms with Crippen molar-refractivity contribution in [3.8, 4) is 0 Å². The van der Waals surface area contributed by atoms with Crippen molar-refractivity contribution in [1.29, 1.82) is 0 Å².